The van der Waals surface area contributed by atoms with Crippen LogP contribution in [0, 0.1) is 12.8 Å². The number of anilines is 1. The van der Waals surface area contributed by atoms with Crippen LogP contribution in [0.25, 0.3) is 0 Å². The van der Waals surface area contributed by atoms with E-state index < -0.39 is 10.0 Å². The zero-order valence-electron chi connectivity index (χ0n) is 17.4. The summed E-state index contributed by atoms with van der Waals surface area (Å²) in [5.41, 5.74) is 0. The number of carbonyl (C=O) groups is 1. The molecule has 0 saturated carbocycles. The Morgan fingerprint density at radius 2 is 1.90 bits per heavy atom. The van der Waals surface area contributed by atoms with Crippen molar-refractivity contribution in [2.45, 2.75) is 31.2 Å². The number of thiazole rings is 1. The smallest absolute Gasteiger partial charge is 0.262 e. The highest BCUT2D eigenvalue weighted by atomic mass is 32.2. The molecule has 2 aliphatic heterocycles. The molecule has 2 aromatic heterocycles. The van der Waals surface area contributed by atoms with Gasteiger partial charge in [-0.2, -0.15) is 4.31 Å². The molecule has 0 radical (unpaired) electrons. The van der Waals surface area contributed by atoms with E-state index in [2.05, 4.69) is 14.9 Å². The van der Waals surface area contributed by atoms with Gasteiger partial charge in [-0.05, 0) is 26.2 Å². The van der Waals surface area contributed by atoms with Gasteiger partial charge in [0.05, 0.1) is 0 Å². The van der Waals surface area contributed by atoms with Crippen LogP contribution in [-0.2, 0) is 21.9 Å². The summed E-state index contributed by atoms with van der Waals surface area (Å²) in [5.74, 6) is 0.696. The summed E-state index contributed by atoms with van der Waals surface area (Å²) in [4.78, 5) is 25.8. The van der Waals surface area contributed by atoms with E-state index >= 15 is 0 Å². The number of sulfonamides is 1. The molecule has 0 spiro atoms. The Kier molecular flexibility index (Phi) is 6.12. The third kappa shape index (κ3) is 4.23. The first kappa shape index (κ1) is 21.3. The molecule has 0 bridgehead atoms. The number of piperidine rings is 1. The van der Waals surface area contributed by atoms with Gasteiger partial charge < -0.3 is 14.4 Å². The molecule has 11 heteroatoms. The number of hydrogen-bond donors (Lipinski definition) is 0. The lowest BCUT2D eigenvalue weighted by atomic mass is 9.96. The van der Waals surface area contributed by atoms with Crippen LogP contribution in [0.5, 0.6) is 0 Å². The summed E-state index contributed by atoms with van der Waals surface area (Å²) in [7, 11) is -1.83. The van der Waals surface area contributed by atoms with Crippen LogP contribution in [0.3, 0.4) is 0 Å². The average molecular weight is 453 g/mol. The molecule has 4 rings (SSSR count). The first-order valence-electron chi connectivity index (χ1n) is 10.3. The largest absolute Gasteiger partial charge is 0.346 e. The SMILES string of the molecule is Cc1nc(S(=O)(=O)N2CCC(C(=O)N3CCCN(c4nccs4)CC3)CC2)cn1C. The van der Waals surface area contributed by atoms with Crippen molar-refractivity contribution >= 4 is 32.4 Å². The number of nitrogens with zero attached hydrogens (tertiary/aromatic N) is 6. The fourth-order valence-electron chi connectivity index (χ4n) is 4.09. The van der Waals surface area contributed by atoms with Crippen molar-refractivity contribution in [1.82, 2.24) is 23.7 Å². The van der Waals surface area contributed by atoms with Crippen molar-refractivity contribution in [2.75, 3.05) is 44.2 Å². The minimum atomic E-state index is -3.61. The Bertz CT molecular complexity index is 961. The van der Waals surface area contributed by atoms with Crippen LogP contribution in [-0.4, -0.2) is 77.3 Å². The first-order chi connectivity index (χ1) is 14.4. The lowest BCUT2D eigenvalue weighted by Crippen LogP contribution is -2.45. The van der Waals surface area contributed by atoms with Gasteiger partial charge >= 0.3 is 0 Å². The summed E-state index contributed by atoms with van der Waals surface area (Å²) in [6.45, 7) is 5.60. The molecule has 9 nitrogen and oxygen atoms in total. The molecule has 30 heavy (non-hydrogen) atoms. The molecule has 0 aromatic carbocycles. The zero-order valence-corrected chi connectivity index (χ0v) is 19.0. The highest BCUT2D eigenvalue weighted by Gasteiger charge is 2.35. The second-order valence-electron chi connectivity index (χ2n) is 7.90. The first-order valence-corrected chi connectivity index (χ1v) is 12.6. The van der Waals surface area contributed by atoms with Crippen molar-refractivity contribution < 1.29 is 13.2 Å². The Morgan fingerprint density at radius 3 is 2.53 bits per heavy atom. The summed E-state index contributed by atoms with van der Waals surface area (Å²) in [6, 6.07) is 0. The van der Waals surface area contributed by atoms with E-state index in [4.69, 9.17) is 0 Å². The lowest BCUT2D eigenvalue weighted by Gasteiger charge is -2.33. The number of carbonyl (C=O) groups excluding carboxylic acids is 1. The van der Waals surface area contributed by atoms with Crippen molar-refractivity contribution in [3.8, 4) is 0 Å². The van der Waals surface area contributed by atoms with Crippen LogP contribution in [0.15, 0.2) is 22.8 Å². The quantitative estimate of drug-likeness (QED) is 0.695. The Hall–Kier alpha value is -1.98. The van der Waals surface area contributed by atoms with Crippen LogP contribution >= 0.6 is 11.3 Å². The monoisotopic (exact) mass is 452 g/mol. The second-order valence-corrected chi connectivity index (χ2v) is 10.7. The Labute approximate surface area is 181 Å². The fraction of sp³-hybridized carbons (Fsp3) is 0.632. The summed E-state index contributed by atoms with van der Waals surface area (Å²) in [5, 5.41) is 3.06. The summed E-state index contributed by atoms with van der Waals surface area (Å²) < 4.78 is 28.9. The van der Waals surface area contributed by atoms with E-state index in [1.165, 1.54) is 4.31 Å². The van der Waals surface area contributed by atoms with E-state index in [0.29, 0.717) is 38.3 Å². The number of imidazole rings is 1. The maximum absolute atomic E-state index is 13.1. The van der Waals surface area contributed by atoms with Crippen molar-refractivity contribution in [3.63, 3.8) is 0 Å². The van der Waals surface area contributed by atoms with Gasteiger partial charge in [-0.3, -0.25) is 4.79 Å². The van der Waals surface area contributed by atoms with Crippen LogP contribution in [0.2, 0.25) is 0 Å². The molecule has 2 saturated heterocycles. The maximum Gasteiger partial charge on any atom is 0.262 e. The van der Waals surface area contributed by atoms with E-state index in [1.54, 1.807) is 36.1 Å². The number of rotatable bonds is 4. The highest BCUT2D eigenvalue weighted by molar-refractivity contribution is 7.89. The van der Waals surface area contributed by atoms with E-state index in [-0.39, 0.29) is 16.9 Å². The van der Waals surface area contributed by atoms with Gasteiger partial charge in [0, 0.05) is 70.0 Å². The number of amides is 1. The molecule has 2 fully saturated rings. The average Bonchev–Trinajstić information content (AvgIpc) is 3.32. The molecule has 4 heterocycles. The third-order valence-electron chi connectivity index (χ3n) is 5.99. The predicted molar refractivity (Wildman–Crippen MR) is 115 cm³/mol. The van der Waals surface area contributed by atoms with Crippen molar-refractivity contribution in [1.29, 1.82) is 0 Å². The third-order valence-corrected chi connectivity index (χ3v) is 8.59. The summed E-state index contributed by atoms with van der Waals surface area (Å²) >= 11 is 1.62. The Balaban J connectivity index is 1.34. The van der Waals surface area contributed by atoms with Gasteiger partial charge in [-0.1, -0.05) is 0 Å². The van der Waals surface area contributed by atoms with Gasteiger partial charge in [-0.15, -0.1) is 11.3 Å². The molecule has 0 aliphatic carbocycles. The zero-order chi connectivity index (χ0) is 21.3. The van der Waals surface area contributed by atoms with Gasteiger partial charge in [0.1, 0.15) is 5.82 Å². The second kappa shape index (κ2) is 8.64. The highest BCUT2D eigenvalue weighted by Crippen LogP contribution is 2.26. The molecule has 1 amide bonds. The van der Waals surface area contributed by atoms with Gasteiger partial charge in [0.25, 0.3) is 10.0 Å². The van der Waals surface area contributed by atoms with Gasteiger partial charge in [0.2, 0.25) is 5.91 Å². The minimum Gasteiger partial charge on any atom is -0.346 e. The van der Waals surface area contributed by atoms with E-state index in [0.717, 1.165) is 31.2 Å². The van der Waals surface area contributed by atoms with E-state index in [1.807, 2.05) is 16.5 Å². The lowest BCUT2D eigenvalue weighted by molar-refractivity contribution is -0.136. The van der Waals surface area contributed by atoms with Crippen LogP contribution in [0.4, 0.5) is 5.13 Å². The molecule has 2 aliphatic rings. The summed E-state index contributed by atoms with van der Waals surface area (Å²) in [6.07, 6.45) is 5.37. The van der Waals surface area contributed by atoms with E-state index in [9.17, 15) is 13.2 Å². The minimum absolute atomic E-state index is 0.0853. The molecule has 164 valence electrons. The molecule has 0 atom stereocenters. The number of aromatic nitrogens is 3. The van der Waals surface area contributed by atoms with Crippen LogP contribution in [0.1, 0.15) is 25.1 Å². The molecular formula is C19H28N6O3S2. The van der Waals surface area contributed by atoms with Crippen molar-refractivity contribution in [2.24, 2.45) is 13.0 Å². The normalized spacial score (nSPS) is 19.8. The predicted octanol–water partition coefficient (Wildman–Crippen LogP) is 1.32. The number of hydrogen-bond acceptors (Lipinski definition) is 7. The molecule has 0 unspecified atom stereocenters. The number of aryl methyl sites for hydroxylation is 2. The fourth-order valence-corrected chi connectivity index (χ4v) is 6.28. The topological polar surface area (TPSA) is 91.6 Å². The molecular weight excluding hydrogens is 424 g/mol. The molecule has 0 N–H and O–H groups in total. The Morgan fingerprint density at radius 1 is 1.13 bits per heavy atom. The van der Waals surface area contributed by atoms with Gasteiger partial charge in [-0.25, -0.2) is 18.4 Å². The maximum atomic E-state index is 13.1. The van der Waals surface area contributed by atoms with Crippen LogP contribution < -0.4 is 4.90 Å². The standard InChI is InChI=1S/C19H28N6O3S2/c1-15-21-17(14-22(15)2)30(27,28)25-9-4-16(5-10-25)18(26)23-7-3-8-24(12-11-23)19-20-6-13-29-19/h6,13-14,16H,3-5,7-12H2,1-2H3. The van der Waals surface area contributed by atoms with Gasteiger partial charge in [0.15, 0.2) is 10.2 Å². The molecule has 2 aromatic rings. The van der Waals surface area contributed by atoms with Crippen molar-refractivity contribution in [3.05, 3.63) is 23.6 Å².